The van der Waals surface area contributed by atoms with Gasteiger partial charge in [0, 0.05) is 24.6 Å². The summed E-state index contributed by atoms with van der Waals surface area (Å²) in [7, 11) is 0. The molecule has 0 unspecified atom stereocenters. The maximum Gasteiger partial charge on any atom is 0.306 e. The van der Waals surface area contributed by atoms with Gasteiger partial charge in [-0.3, -0.25) is 19.0 Å². The average molecular weight is 355 g/mol. The number of aromatic nitrogens is 2. The summed E-state index contributed by atoms with van der Waals surface area (Å²) in [4.78, 5) is 40.6. The molecule has 1 aliphatic carbocycles. The molecule has 0 spiro atoms. The number of nitrogens with one attached hydrogen (secondary N) is 1. The fraction of sp³-hybridized carbons (Fsp3) is 0.474. The molecule has 7 nitrogen and oxygen atoms in total. The molecule has 1 saturated carbocycles. The Labute approximate surface area is 150 Å². The maximum atomic E-state index is 12.7. The Kier molecular flexibility index (Phi) is 4.22. The molecule has 0 atom stereocenters. The number of hydrogen-bond donors (Lipinski definition) is 2. The number of carboxylic acids is 1. The van der Waals surface area contributed by atoms with Crippen molar-refractivity contribution in [3.8, 4) is 0 Å². The summed E-state index contributed by atoms with van der Waals surface area (Å²) in [6.07, 6.45) is 4.79. The third kappa shape index (κ3) is 2.98. The van der Waals surface area contributed by atoms with Crippen LogP contribution >= 0.6 is 0 Å². The van der Waals surface area contributed by atoms with Crippen LogP contribution in [0.15, 0.2) is 23.0 Å². The highest BCUT2D eigenvalue weighted by Crippen LogP contribution is 2.27. The van der Waals surface area contributed by atoms with Crippen LogP contribution in [0.4, 0.5) is 0 Å². The van der Waals surface area contributed by atoms with Gasteiger partial charge in [0.2, 0.25) is 0 Å². The number of rotatable bonds is 3. The zero-order chi connectivity index (χ0) is 18.3. The van der Waals surface area contributed by atoms with Gasteiger partial charge >= 0.3 is 5.97 Å². The Morgan fingerprint density at radius 1 is 1.19 bits per heavy atom. The summed E-state index contributed by atoms with van der Waals surface area (Å²) in [5, 5.41) is 12.3. The van der Waals surface area contributed by atoms with Crippen molar-refractivity contribution in [3.63, 3.8) is 0 Å². The Morgan fingerprint density at radius 2 is 2.00 bits per heavy atom. The molecule has 2 heterocycles. The smallest absolute Gasteiger partial charge is 0.306 e. The van der Waals surface area contributed by atoms with E-state index in [0.29, 0.717) is 35.9 Å². The topological polar surface area (TPSA) is 101 Å². The molecule has 1 aliphatic heterocycles. The first-order chi connectivity index (χ1) is 12.5. The summed E-state index contributed by atoms with van der Waals surface area (Å²) >= 11 is 0. The molecule has 1 aromatic carbocycles. The lowest BCUT2D eigenvalue weighted by atomic mass is 9.80. The predicted molar refractivity (Wildman–Crippen MR) is 95.2 cm³/mol. The molecule has 26 heavy (non-hydrogen) atoms. The molecule has 1 aromatic heterocycles. The summed E-state index contributed by atoms with van der Waals surface area (Å²) < 4.78 is 1.76. The number of carbonyl (C=O) groups excluding carboxylic acids is 1. The Balaban J connectivity index is 1.58. The summed E-state index contributed by atoms with van der Waals surface area (Å²) in [5.41, 5.74) is 0.955. The highest BCUT2D eigenvalue weighted by atomic mass is 16.4. The van der Waals surface area contributed by atoms with Crippen molar-refractivity contribution < 1.29 is 14.7 Å². The second kappa shape index (κ2) is 6.55. The van der Waals surface area contributed by atoms with E-state index in [0.717, 1.165) is 31.5 Å². The van der Waals surface area contributed by atoms with Crippen molar-refractivity contribution in [1.82, 2.24) is 14.9 Å². The van der Waals surface area contributed by atoms with Crippen molar-refractivity contribution in [3.05, 3.63) is 39.9 Å². The van der Waals surface area contributed by atoms with Crippen LogP contribution in [0.1, 0.15) is 48.3 Å². The normalized spacial score (nSPS) is 22.2. The summed E-state index contributed by atoms with van der Waals surface area (Å²) in [5.74, 6) is -0.640. The maximum absolute atomic E-state index is 12.7. The van der Waals surface area contributed by atoms with E-state index in [1.807, 2.05) is 0 Å². The number of nitrogens with zero attached hydrogens (tertiary/aromatic N) is 2. The Bertz CT molecular complexity index is 944. The minimum absolute atomic E-state index is 0.0397. The van der Waals surface area contributed by atoms with Crippen molar-refractivity contribution >= 4 is 22.8 Å². The number of fused-ring (bicyclic) bond motifs is 2. The molecule has 2 aromatic rings. The number of carboxylic acid groups (broad SMARTS) is 1. The molecule has 1 fully saturated rings. The van der Waals surface area contributed by atoms with Gasteiger partial charge in [-0.05, 0) is 43.9 Å². The quantitative estimate of drug-likeness (QED) is 0.873. The zero-order valence-corrected chi connectivity index (χ0v) is 14.4. The van der Waals surface area contributed by atoms with Crippen LogP contribution in [-0.4, -0.2) is 32.6 Å². The van der Waals surface area contributed by atoms with Crippen molar-refractivity contribution in [2.75, 3.05) is 0 Å². The van der Waals surface area contributed by atoms with E-state index >= 15 is 0 Å². The first-order valence-corrected chi connectivity index (χ1v) is 9.10. The third-order valence-electron chi connectivity index (χ3n) is 5.40. The molecule has 2 N–H and O–H groups in total. The van der Waals surface area contributed by atoms with Crippen molar-refractivity contribution in [1.29, 1.82) is 0 Å². The number of benzene rings is 1. The van der Waals surface area contributed by atoms with Crippen molar-refractivity contribution in [2.24, 2.45) is 5.92 Å². The molecular formula is C19H21N3O4. The highest BCUT2D eigenvalue weighted by molar-refractivity contribution is 5.98. The van der Waals surface area contributed by atoms with Crippen LogP contribution in [-0.2, 0) is 17.8 Å². The second-order valence-electron chi connectivity index (χ2n) is 7.20. The van der Waals surface area contributed by atoms with Crippen LogP contribution in [0, 0.1) is 5.92 Å². The van der Waals surface area contributed by atoms with E-state index in [2.05, 4.69) is 10.3 Å². The van der Waals surface area contributed by atoms with E-state index in [-0.39, 0.29) is 23.4 Å². The lowest BCUT2D eigenvalue weighted by molar-refractivity contribution is -0.145. The van der Waals surface area contributed by atoms with Gasteiger partial charge < -0.3 is 10.4 Å². The standard InChI is InChI=1S/C19H21N3O4/c23-17(20-13-8-12(9-13)19(25)26)11-5-6-14-15(10-11)21-16-4-2-1-3-7-22(16)18(14)24/h5-6,10,12-13H,1-4,7-9H2,(H,20,23)(H,25,26). The number of hydrogen-bond acceptors (Lipinski definition) is 4. The van der Waals surface area contributed by atoms with E-state index in [1.54, 1.807) is 22.8 Å². The Morgan fingerprint density at radius 3 is 2.77 bits per heavy atom. The van der Waals surface area contributed by atoms with Gasteiger partial charge in [0.25, 0.3) is 11.5 Å². The monoisotopic (exact) mass is 355 g/mol. The molecule has 2 aliphatic rings. The summed E-state index contributed by atoms with van der Waals surface area (Å²) in [6.45, 7) is 0.700. The Hall–Kier alpha value is -2.70. The van der Waals surface area contributed by atoms with E-state index < -0.39 is 5.97 Å². The van der Waals surface area contributed by atoms with Gasteiger partial charge in [-0.15, -0.1) is 0 Å². The van der Waals surface area contributed by atoms with Crippen LogP contribution in [0.3, 0.4) is 0 Å². The van der Waals surface area contributed by atoms with Crippen molar-refractivity contribution in [2.45, 2.75) is 51.1 Å². The lowest BCUT2D eigenvalue weighted by Crippen LogP contribution is -2.46. The number of aliphatic carboxylic acids is 1. The number of carbonyl (C=O) groups is 2. The molecular weight excluding hydrogens is 334 g/mol. The van der Waals surface area contributed by atoms with Gasteiger partial charge in [-0.2, -0.15) is 0 Å². The molecule has 1 amide bonds. The molecule has 7 heteroatoms. The van der Waals surface area contributed by atoms with Crippen LogP contribution in [0.2, 0.25) is 0 Å². The molecule has 0 saturated heterocycles. The molecule has 136 valence electrons. The van der Waals surface area contributed by atoms with Gasteiger partial charge in [-0.1, -0.05) is 6.42 Å². The average Bonchev–Trinajstić information content (AvgIpc) is 2.82. The number of aryl methyl sites for hydroxylation is 1. The van der Waals surface area contributed by atoms with E-state index in [1.165, 1.54) is 0 Å². The number of amides is 1. The van der Waals surface area contributed by atoms with Gasteiger partial charge in [0.15, 0.2) is 0 Å². The highest BCUT2D eigenvalue weighted by Gasteiger charge is 2.35. The minimum Gasteiger partial charge on any atom is -0.481 e. The minimum atomic E-state index is -0.813. The summed E-state index contributed by atoms with van der Waals surface area (Å²) in [6, 6.07) is 4.85. The lowest BCUT2D eigenvalue weighted by Gasteiger charge is -2.32. The van der Waals surface area contributed by atoms with Gasteiger partial charge in [-0.25, -0.2) is 4.98 Å². The fourth-order valence-electron chi connectivity index (χ4n) is 3.77. The SMILES string of the molecule is O=C(NC1CC(C(=O)O)C1)c1ccc2c(=O)n3c(nc2c1)CCCCC3. The first kappa shape index (κ1) is 16.8. The van der Waals surface area contributed by atoms with E-state index in [9.17, 15) is 14.4 Å². The second-order valence-corrected chi connectivity index (χ2v) is 7.20. The third-order valence-corrected chi connectivity index (χ3v) is 5.40. The molecule has 4 rings (SSSR count). The van der Waals surface area contributed by atoms with Crippen LogP contribution < -0.4 is 10.9 Å². The predicted octanol–water partition coefficient (Wildman–Crippen LogP) is 1.72. The van der Waals surface area contributed by atoms with Crippen LogP contribution in [0.25, 0.3) is 10.9 Å². The van der Waals surface area contributed by atoms with Crippen LogP contribution in [0.5, 0.6) is 0 Å². The molecule has 0 bridgehead atoms. The van der Waals surface area contributed by atoms with Gasteiger partial charge in [0.05, 0.1) is 16.8 Å². The fourth-order valence-corrected chi connectivity index (χ4v) is 3.77. The molecule has 0 radical (unpaired) electrons. The van der Waals surface area contributed by atoms with E-state index in [4.69, 9.17) is 5.11 Å². The first-order valence-electron chi connectivity index (χ1n) is 9.10. The van der Waals surface area contributed by atoms with Gasteiger partial charge in [0.1, 0.15) is 5.82 Å². The zero-order valence-electron chi connectivity index (χ0n) is 14.4. The largest absolute Gasteiger partial charge is 0.481 e.